The van der Waals surface area contributed by atoms with Gasteiger partial charge in [-0.05, 0) is 67.5 Å². The van der Waals surface area contributed by atoms with Crippen LogP contribution in [0, 0.1) is 0 Å². The van der Waals surface area contributed by atoms with Gasteiger partial charge in [0.15, 0.2) is 0 Å². The van der Waals surface area contributed by atoms with Crippen LogP contribution in [0.25, 0.3) is 0 Å². The second kappa shape index (κ2) is 11.4. The number of amides is 1. The van der Waals surface area contributed by atoms with Crippen molar-refractivity contribution in [3.05, 3.63) is 107 Å². The highest BCUT2D eigenvalue weighted by molar-refractivity contribution is 5.84. The smallest absolute Gasteiger partial charge is 0.346 e. The monoisotopic (exact) mass is 548 g/mol. The number of halogens is 6. The summed E-state index contributed by atoms with van der Waals surface area (Å²) in [5, 5.41) is 6.57. The predicted molar refractivity (Wildman–Crippen MR) is 137 cm³/mol. The highest BCUT2D eigenvalue weighted by Crippen LogP contribution is 2.40. The maximum atomic E-state index is 13.4. The van der Waals surface area contributed by atoms with Crippen LogP contribution in [-0.2, 0) is 29.2 Å². The number of carbonyl (C=O) groups is 1. The van der Waals surface area contributed by atoms with E-state index in [1.54, 1.807) is 0 Å². The van der Waals surface area contributed by atoms with Crippen LogP contribution < -0.4 is 10.6 Å². The molecule has 1 amide bonds. The molecule has 0 aliphatic heterocycles. The van der Waals surface area contributed by atoms with Crippen molar-refractivity contribution in [3.63, 3.8) is 0 Å². The Morgan fingerprint density at radius 2 is 1.36 bits per heavy atom. The molecule has 3 aromatic rings. The normalized spacial score (nSPS) is 20.8. The molecule has 1 fully saturated rings. The summed E-state index contributed by atoms with van der Waals surface area (Å²) in [5.74, 6) is -1.86. The fourth-order valence-corrected chi connectivity index (χ4v) is 5.14. The molecule has 1 aliphatic carbocycles. The Hall–Kier alpha value is -3.33. The van der Waals surface area contributed by atoms with Crippen molar-refractivity contribution in [1.29, 1.82) is 0 Å². The number of rotatable bonds is 7. The Morgan fingerprint density at radius 3 is 1.87 bits per heavy atom. The third kappa shape index (κ3) is 7.01. The molecule has 3 aromatic carbocycles. The molecule has 0 spiro atoms. The molecule has 2 N–H and O–H groups in total. The number of nitrogens with one attached hydrogen (secondary N) is 2. The van der Waals surface area contributed by atoms with Crippen LogP contribution in [0.1, 0.15) is 66.3 Å². The van der Waals surface area contributed by atoms with Crippen molar-refractivity contribution in [2.45, 2.75) is 69.0 Å². The van der Waals surface area contributed by atoms with Crippen LogP contribution >= 0.6 is 0 Å². The summed E-state index contributed by atoms with van der Waals surface area (Å²) in [6.45, 7) is 2.03. The highest BCUT2D eigenvalue weighted by atomic mass is 19.4. The minimum Gasteiger partial charge on any atom is -0.346 e. The van der Waals surface area contributed by atoms with Gasteiger partial charge in [0.25, 0.3) is 0 Å². The zero-order chi connectivity index (χ0) is 28.3. The molecule has 1 atom stereocenters. The van der Waals surface area contributed by atoms with Gasteiger partial charge in [-0.2, -0.15) is 26.3 Å². The summed E-state index contributed by atoms with van der Waals surface area (Å²) < 4.78 is 80.3. The summed E-state index contributed by atoms with van der Waals surface area (Å²) in [7, 11) is 0. The molecule has 0 aromatic heterocycles. The third-order valence-corrected chi connectivity index (χ3v) is 7.47. The van der Waals surface area contributed by atoms with Gasteiger partial charge in [-0.15, -0.1) is 0 Å². The maximum absolute atomic E-state index is 13.4. The first-order valence-electron chi connectivity index (χ1n) is 12.8. The first-order chi connectivity index (χ1) is 18.4. The van der Waals surface area contributed by atoms with E-state index in [4.69, 9.17) is 0 Å². The molecule has 39 heavy (non-hydrogen) atoms. The first-order valence-corrected chi connectivity index (χ1v) is 12.8. The van der Waals surface area contributed by atoms with Gasteiger partial charge in [0.05, 0.1) is 22.6 Å². The Balaban J connectivity index is 1.54. The van der Waals surface area contributed by atoms with E-state index in [0.29, 0.717) is 31.5 Å². The molecular weight excluding hydrogens is 518 g/mol. The lowest BCUT2D eigenvalue weighted by atomic mass is 9.74. The lowest BCUT2D eigenvalue weighted by Gasteiger charge is -2.42. The van der Waals surface area contributed by atoms with Gasteiger partial charge in [-0.3, -0.25) is 4.79 Å². The second-order valence-corrected chi connectivity index (χ2v) is 10.1. The summed E-state index contributed by atoms with van der Waals surface area (Å²) >= 11 is 0. The average molecular weight is 549 g/mol. The fourth-order valence-electron chi connectivity index (χ4n) is 5.14. The lowest BCUT2D eigenvalue weighted by Crippen LogP contribution is -2.51. The van der Waals surface area contributed by atoms with Crippen molar-refractivity contribution >= 4 is 5.91 Å². The maximum Gasteiger partial charge on any atom is 0.416 e. The number of hydrogen-bond acceptors (Lipinski definition) is 2. The largest absolute Gasteiger partial charge is 0.416 e. The van der Waals surface area contributed by atoms with E-state index in [0.717, 1.165) is 24.0 Å². The summed E-state index contributed by atoms with van der Waals surface area (Å²) in [6.07, 6.45) is -7.36. The van der Waals surface area contributed by atoms with E-state index in [1.165, 1.54) is 6.92 Å². The van der Waals surface area contributed by atoms with E-state index < -0.39 is 40.8 Å². The van der Waals surface area contributed by atoms with E-state index in [-0.39, 0.29) is 17.7 Å². The van der Waals surface area contributed by atoms with Crippen molar-refractivity contribution in [1.82, 2.24) is 10.6 Å². The van der Waals surface area contributed by atoms with Crippen LogP contribution in [0.4, 0.5) is 26.3 Å². The predicted octanol–water partition coefficient (Wildman–Crippen LogP) is 7.57. The van der Waals surface area contributed by atoms with Crippen molar-refractivity contribution in [2.24, 2.45) is 0 Å². The summed E-state index contributed by atoms with van der Waals surface area (Å²) in [5.41, 5.74) is -1.99. The van der Waals surface area contributed by atoms with Gasteiger partial charge in [0.1, 0.15) is 0 Å². The van der Waals surface area contributed by atoms with Crippen LogP contribution in [0.3, 0.4) is 0 Å². The molecule has 4 rings (SSSR count). The van der Waals surface area contributed by atoms with Crippen molar-refractivity contribution in [2.75, 3.05) is 0 Å². The van der Waals surface area contributed by atoms with E-state index in [9.17, 15) is 31.1 Å². The van der Waals surface area contributed by atoms with E-state index >= 15 is 0 Å². The number of benzene rings is 3. The molecule has 1 unspecified atom stereocenters. The third-order valence-electron chi connectivity index (χ3n) is 7.47. The Bertz CT molecular complexity index is 1220. The molecule has 0 bridgehead atoms. The first kappa shape index (κ1) is 28.7. The van der Waals surface area contributed by atoms with Gasteiger partial charge in [-0.25, -0.2) is 0 Å². The summed E-state index contributed by atoms with van der Waals surface area (Å²) in [6, 6.07) is 20.8. The molecule has 3 nitrogen and oxygen atoms in total. The Kier molecular flexibility index (Phi) is 8.39. The molecule has 1 aliphatic rings. The molecule has 1 saturated carbocycles. The Morgan fingerprint density at radius 1 is 0.846 bits per heavy atom. The van der Waals surface area contributed by atoms with Gasteiger partial charge in [-0.1, -0.05) is 60.7 Å². The Labute approximate surface area is 223 Å². The SMILES string of the molecule is CC(C(=O)N[C@]1(c2ccccc2)CC[C@@H](NCc2ccccc2)CC1)c1cc(C(F)(F)F)cc(C(F)(F)F)c1. The number of alkyl halides is 6. The molecule has 0 radical (unpaired) electrons. The minimum absolute atomic E-state index is 0.0727. The van der Waals surface area contributed by atoms with Gasteiger partial charge in [0, 0.05) is 12.6 Å². The quantitative estimate of drug-likeness (QED) is 0.299. The zero-order valence-electron chi connectivity index (χ0n) is 21.4. The van der Waals surface area contributed by atoms with Crippen molar-refractivity contribution < 1.29 is 31.1 Å². The van der Waals surface area contributed by atoms with Gasteiger partial charge >= 0.3 is 12.4 Å². The number of hydrogen-bond donors (Lipinski definition) is 2. The van der Waals surface area contributed by atoms with Crippen LogP contribution in [0.2, 0.25) is 0 Å². The molecular formula is C30H30F6N2O. The van der Waals surface area contributed by atoms with Gasteiger partial charge in [0.2, 0.25) is 5.91 Å². The van der Waals surface area contributed by atoms with Crippen LogP contribution in [-0.4, -0.2) is 11.9 Å². The van der Waals surface area contributed by atoms with Crippen LogP contribution in [0.5, 0.6) is 0 Å². The summed E-state index contributed by atoms with van der Waals surface area (Å²) in [4.78, 5) is 13.4. The standard InChI is InChI=1S/C30H30F6N2O/c1-20(22-16-24(29(31,32)33)18-25(17-22)30(34,35)36)27(39)38-28(23-10-6-3-7-11-23)14-12-26(13-15-28)37-19-21-8-4-2-5-9-21/h2-11,16-18,20,26,37H,12-15,19H2,1H3,(H,38,39)/t20?,26-,28-. The topological polar surface area (TPSA) is 41.1 Å². The van der Waals surface area contributed by atoms with Crippen molar-refractivity contribution in [3.8, 4) is 0 Å². The highest BCUT2D eigenvalue weighted by Gasteiger charge is 2.41. The molecule has 0 heterocycles. The van der Waals surface area contributed by atoms with Crippen LogP contribution in [0.15, 0.2) is 78.9 Å². The molecule has 208 valence electrons. The second-order valence-electron chi connectivity index (χ2n) is 10.1. The molecule has 9 heteroatoms. The minimum atomic E-state index is -4.98. The fraction of sp³-hybridized carbons (Fsp3) is 0.367. The van der Waals surface area contributed by atoms with Gasteiger partial charge < -0.3 is 10.6 Å². The molecule has 0 saturated heterocycles. The van der Waals surface area contributed by atoms with E-state index in [1.807, 2.05) is 60.7 Å². The zero-order valence-corrected chi connectivity index (χ0v) is 21.4. The number of carbonyl (C=O) groups excluding carboxylic acids is 1. The van der Waals surface area contributed by atoms with E-state index in [2.05, 4.69) is 10.6 Å². The lowest BCUT2D eigenvalue weighted by molar-refractivity contribution is -0.143. The average Bonchev–Trinajstić information content (AvgIpc) is 2.92.